The SMILES string of the molecule is OC1CCC(Nc2ncc3cn[nH]c3n2)CC1. The maximum atomic E-state index is 9.43. The monoisotopic (exact) mass is 233 g/mol. The highest BCUT2D eigenvalue weighted by molar-refractivity contribution is 5.73. The van der Waals surface area contributed by atoms with Gasteiger partial charge < -0.3 is 10.4 Å². The van der Waals surface area contributed by atoms with Crippen molar-refractivity contribution < 1.29 is 5.11 Å². The normalized spacial score (nSPS) is 25.0. The van der Waals surface area contributed by atoms with Crippen molar-refractivity contribution in [3.63, 3.8) is 0 Å². The van der Waals surface area contributed by atoms with Crippen molar-refractivity contribution in [2.24, 2.45) is 0 Å². The number of nitrogens with one attached hydrogen (secondary N) is 2. The predicted molar refractivity (Wildman–Crippen MR) is 63.6 cm³/mol. The molecule has 3 N–H and O–H groups in total. The second kappa shape index (κ2) is 4.29. The minimum Gasteiger partial charge on any atom is -0.393 e. The first kappa shape index (κ1) is 10.5. The molecule has 0 radical (unpaired) electrons. The summed E-state index contributed by atoms with van der Waals surface area (Å²) in [6, 6.07) is 0.360. The lowest BCUT2D eigenvalue weighted by Crippen LogP contribution is -2.28. The molecule has 0 aromatic carbocycles. The average molecular weight is 233 g/mol. The number of rotatable bonds is 2. The molecule has 2 heterocycles. The van der Waals surface area contributed by atoms with E-state index >= 15 is 0 Å². The van der Waals surface area contributed by atoms with Crippen molar-refractivity contribution in [3.05, 3.63) is 12.4 Å². The van der Waals surface area contributed by atoms with Gasteiger partial charge in [0.25, 0.3) is 0 Å². The molecule has 0 atom stereocenters. The molecule has 17 heavy (non-hydrogen) atoms. The number of fused-ring (bicyclic) bond motifs is 1. The minimum absolute atomic E-state index is 0.135. The molecule has 0 amide bonds. The van der Waals surface area contributed by atoms with Crippen molar-refractivity contribution in [1.82, 2.24) is 20.2 Å². The maximum Gasteiger partial charge on any atom is 0.224 e. The molecule has 0 spiro atoms. The number of nitrogens with zero attached hydrogens (tertiary/aromatic N) is 3. The van der Waals surface area contributed by atoms with Crippen molar-refractivity contribution in [2.75, 3.05) is 5.32 Å². The third-order valence-electron chi connectivity index (χ3n) is 3.22. The van der Waals surface area contributed by atoms with Crippen LogP contribution in [0, 0.1) is 0 Å². The number of H-pyrrole nitrogens is 1. The van der Waals surface area contributed by atoms with Crippen LogP contribution in [0.25, 0.3) is 11.0 Å². The van der Waals surface area contributed by atoms with Crippen LogP contribution < -0.4 is 5.32 Å². The molecule has 2 aromatic rings. The summed E-state index contributed by atoms with van der Waals surface area (Å²) < 4.78 is 0. The first-order valence-corrected chi connectivity index (χ1v) is 5.92. The van der Waals surface area contributed by atoms with E-state index in [2.05, 4.69) is 25.5 Å². The number of aliphatic hydroxyl groups is 1. The van der Waals surface area contributed by atoms with Gasteiger partial charge in [-0.2, -0.15) is 10.1 Å². The second-order valence-corrected chi connectivity index (χ2v) is 4.52. The van der Waals surface area contributed by atoms with Crippen molar-refractivity contribution >= 4 is 17.0 Å². The van der Waals surface area contributed by atoms with Crippen LogP contribution in [0.4, 0.5) is 5.95 Å². The number of anilines is 1. The van der Waals surface area contributed by atoms with Gasteiger partial charge in [-0.15, -0.1) is 0 Å². The van der Waals surface area contributed by atoms with E-state index in [9.17, 15) is 5.11 Å². The number of aromatic nitrogens is 4. The molecule has 1 aliphatic rings. The standard InChI is InChI=1S/C11H15N5O/c17-9-3-1-8(2-4-9)14-11-12-5-7-6-13-16-10(7)15-11/h5-6,8-9,17H,1-4H2,(H2,12,13,14,15,16). The summed E-state index contributed by atoms with van der Waals surface area (Å²) in [4.78, 5) is 8.59. The Kier molecular flexibility index (Phi) is 2.64. The van der Waals surface area contributed by atoms with Crippen LogP contribution >= 0.6 is 0 Å². The third kappa shape index (κ3) is 2.21. The van der Waals surface area contributed by atoms with Crippen LogP contribution in [0.5, 0.6) is 0 Å². The molecule has 0 saturated heterocycles. The van der Waals surface area contributed by atoms with Crippen LogP contribution in [0.1, 0.15) is 25.7 Å². The molecule has 1 fully saturated rings. The quantitative estimate of drug-likeness (QED) is 0.722. The van der Waals surface area contributed by atoms with Gasteiger partial charge in [-0.05, 0) is 25.7 Å². The molecule has 1 aliphatic carbocycles. The summed E-state index contributed by atoms with van der Waals surface area (Å²) in [5, 5.41) is 20.4. The lowest BCUT2D eigenvalue weighted by atomic mass is 9.93. The fraction of sp³-hybridized carbons (Fsp3) is 0.545. The molecule has 90 valence electrons. The maximum absolute atomic E-state index is 9.43. The molecule has 6 nitrogen and oxygen atoms in total. The molecule has 0 aliphatic heterocycles. The van der Waals surface area contributed by atoms with Gasteiger partial charge in [0.2, 0.25) is 5.95 Å². The third-order valence-corrected chi connectivity index (χ3v) is 3.22. The van der Waals surface area contributed by atoms with Crippen molar-refractivity contribution in [2.45, 2.75) is 37.8 Å². The van der Waals surface area contributed by atoms with Gasteiger partial charge in [0.1, 0.15) is 0 Å². The fourth-order valence-corrected chi connectivity index (χ4v) is 2.21. The summed E-state index contributed by atoms with van der Waals surface area (Å²) in [7, 11) is 0. The van der Waals surface area contributed by atoms with Crippen LogP contribution in [-0.2, 0) is 0 Å². The zero-order chi connectivity index (χ0) is 11.7. The average Bonchev–Trinajstić information content (AvgIpc) is 2.79. The largest absolute Gasteiger partial charge is 0.393 e. The summed E-state index contributed by atoms with van der Waals surface area (Å²) in [6.07, 6.45) is 6.96. The highest BCUT2D eigenvalue weighted by Gasteiger charge is 2.19. The Bertz CT molecular complexity index is 503. The van der Waals surface area contributed by atoms with Gasteiger partial charge >= 0.3 is 0 Å². The molecular formula is C11H15N5O. The van der Waals surface area contributed by atoms with E-state index in [-0.39, 0.29) is 6.10 Å². The van der Waals surface area contributed by atoms with Gasteiger partial charge in [0.05, 0.1) is 17.7 Å². The highest BCUT2D eigenvalue weighted by atomic mass is 16.3. The highest BCUT2D eigenvalue weighted by Crippen LogP contribution is 2.21. The Balaban J connectivity index is 1.71. The van der Waals surface area contributed by atoms with Gasteiger partial charge in [0.15, 0.2) is 5.65 Å². The summed E-state index contributed by atoms with van der Waals surface area (Å²) >= 11 is 0. The minimum atomic E-state index is -0.135. The molecule has 0 unspecified atom stereocenters. The lowest BCUT2D eigenvalue weighted by Gasteiger charge is -2.25. The Morgan fingerprint density at radius 3 is 2.88 bits per heavy atom. The Morgan fingerprint density at radius 2 is 2.06 bits per heavy atom. The van der Waals surface area contributed by atoms with E-state index in [1.165, 1.54) is 0 Å². The van der Waals surface area contributed by atoms with E-state index in [0.717, 1.165) is 36.7 Å². The first-order valence-electron chi connectivity index (χ1n) is 5.92. The van der Waals surface area contributed by atoms with E-state index in [1.54, 1.807) is 12.4 Å². The second-order valence-electron chi connectivity index (χ2n) is 4.52. The molecule has 0 bridgehead atoms. The Hall–Kier alpha value is -1.69. The smallest absolute Gasteiger partial charge is 0.224 e. The van der Waals surface area contributed by atoms with Crippen LogP contribution in [0.15, 0.2) is 12.4 Å². The van der Waals surface area contributed by atoms with E-state index in [4.69, 9.17) is 0 Å². The molecule has 1 saturated carbocycles. The number of aromatic amines is 1. The number of hydrogen-bond donors (Lipinski definition) is 3. The van der Waals surface area contributed by atoms with E-state index in [1.807, 2.05) is 0 Å². The fourth-order valence-electron chi connectivity index (χ4n) is 2.21. The van der Waals surface area contributed by atoms with Crippen LogP contribution in [-0.4, -0.2) is 37.4 Å². The van der Waals surface area contributed by atoms with Gasteiger partial charge in [0, 0.05) is 12.2 Å². The predicted octanol–water partition coefficient (Wildman–Crippen LogP) is 1.07. The molecule has 2 aromatic heterocycles. The zero-order valence-electron chi connectivity index (χ0n) is 9.43. The van der Waals surface area contributed by atoms with Crippen molar-refractivity contribution in [3.8, 4) is 0 Å². The van der Waals surface area contributed by atoms with Crippen molar-refractivity contribution in [1.29, 1.82) is 0 Å². The Morgan fingerprint density at radius 1 is 1.24 bits per heavy atom. The lowest BCUT2D eigenvalue weighted by molar-refractivity contribution is 0.126. The summed E-state index contributed by atoms with van der Waals surface area (Å²) in [6.45, 7) is 0. The van der Waals surface area contributed by atoms with E-state index < -0.39 is 0 Å². The van der Waals surface area contributed by atoms with Crippen LogP contribution in [0.3, 0.4) is 0 Å². The molecular weight excluding hydrogens is 218 g/mol. The van der Waals surface area contributed by atoms with Gasteiger partial charge in [-0.25, -0.2) is 4.98 Å². The topological polar surface area (TPSA) is 86.7 Å². The zero-order valence-corrected chi connectivity index (χ0v) is 9.43. The van der Waals surface area contributed by atoms with E-state index in [0.29, 0.717) is 12.0 Å². The summed E-state index contributed by atoms with van der Waals surface area (Å²) in [5.74, 6) is 0.628. The van der Waals surface area contributed by atoms with Crippen LogP contribution in [0.2, 0.25) is 0 Å². The summed E-state index contributed by atoms with van der Waals surface area (Å²) in [5.41, 5.74) is 0.748. The van der Waals surface area contributed by atoms with Gasteiger partial charge in [-0.3, -0.25) is 5.10 Å². The number of hydrogen-bond acceptors (Lipinski definition) is 5. The molecule has 6 heteroatoms. The molecule has 3 rings (SSSR count). The number of aliphatic hydroxyl groups excluding tert-OH is 1. The van der Waals surface area contributed by atoms with Gasteiger partial charge in [-0.1, -0.05) is 0 Å². The Labute approximate surface area is 98.5 Å². The first-order chi connectivity index (χ1) is 8.31.